The number of benzene rings is 1. The molecule has 1 aromatic rings. The predicted octanol–water partition coefficient (Wildman–Crippen LogP) is 1.29. The van der Waals surface area contributed by atoms with Crippen LogP contribution < -0.4 is 0 Å². The fourth-order valence-electron chi connectivity index (χ4n) is 0.995. The molecule has 15 heavy (non-hydrogen) atoms. The molecule has 0 bridgehead atoms. The summed E-state index contributed by atoms with van der Waals surface area (Å²) in [6.07, 6.45) is -0.832. The highest BCUT2D eigenvalue weighted by Crippen LogP contribution is 2.09. The van der Waals surface area contributed by atoms with E-state index in [1.807, 2.05) is 18.2 Å². The molecule has 0 saturated carbocycles. The minimum Gasteiger partial charge on any atom is -0.453 e. The molecule has 0 aromatic heterocycles. The van der Waals surface area contributed by atoms with Crippen molar-refractivity contribution in [2.75, 3.05) is 6.61 Å². The minimum absolute atomic E-state index is 0.0131. The normalized spacial score (nSPS) is 11.1. The van der Waals surface area contributed by atoms with Gasteiger partial charge in [0.15, 0.2) is 6.61 Å². The summed E-state index contributed by atoms with van der Waals surface area (Å²) in [6.45, 7) is 1.33. The standard InChI is InChI=1S/C12H12O3/c1-10(13)15-9-5-8-12(14)11-6-3-2-4-7-11/h2-4,6-7,12,14H,9H2,1H3/t12-/m0/s1. The number of hydrogen-bond donors (Lipinski definition) is 1. The SMILES string of the molecule is CC(=O)OCC#C[C@H](O)c1ccccc1. The number of esters is 1. The molecule has 0 aliphatic heterocycles. The van der Waals surface area contributed by atoms with Gasteiger partial charge in [-0.3, -0.25) is 4.79 Å². The molecule has 0 fully saturated rings. The number of ether oxygens (including phenoxy) is 1. The molecular formula is C12H12O3. The van der Waals surface area contributed by atoms with Crippen molar-refractivity contribution in [2.24, 2.45) is 0 Å². The number of hydrogen-bond acceptors (Lipinski definition) is 3. The second-order valence-corrected chi connectivity index (χ2v) is 2.91. The van der Waals surface area contributed by atoms with Gasteiger partial charge in [-0.05, 0) is 5.56 Å². The smallest absolute Gasteiger partial charge is 0.303 e. The second-order valence-electron chi connectivity index (χ2n) is 2.91. The van der Waals surface area contributed by atoms with Crippen LogP contribution in [0.5, 0.6) is 0 Å². The topological polar surface area (TPSA) is 46.5 Å². The van der Waals surface area contributed by atoms with E-state index in [0.717, 1.165) is 5.56 Å². The van der Waals surface area contributed by atoms with E-state index in [2.05, 4.69) is 16.6 Å². The van der Waals surface area contributed by atoms with Gasteiger partial charge >= 0.3 is 5.97 Å². The van der Waals surface area contributed by atoms with E-state index in [1.165, 1.54) is 6.92 Å². The predicted molar refractivity (Wildman–Crippen MR) is 55.8 cm³/mol. The molecule has 0 aliphatic rings. The van der Waals surface area contributed by atoms with Gasteiger partial charge in [-0.1, -0.05) is 42.2 Å². The van der Waals surface area contributed by atoms with Gasteiger partial charge in [-0.25, -0.2) is 0 Å². The van der Waals surface area contributed by atoms with Crippen LogP contribution in [0.1, 0.15) is 18.6 Å². The number of rotatable bonds is 2. The summed E-state index contributed by atoms with van der Waals surface area (Å²) in [5.41, 5.74) is 0.729. The molecule has 3 nitrogen and oxygen atoms in total. The van der Waals surface area contributed by atoms with Crippen molar-refractivity contribution in [3.05, 3.63) is 35.9 Å². The average molecular weight is 204 g/mol. The molecule has 1 aromatic carbocycles. The molecule has 1 atom stereocenters. The Bertz CT molecular complexity index is 373. The molecule has 3 heteroatoms. The van der Waals surface area contributed by atoms with Crippen LogP contribution in [0.4, 0.5) is 0 Å². The van der Waals surface area contributed by atoms with E-state index in [4.69, 9.17) is 0 Å². The molecule has 1 N–H and O–H groups in total. The zero-order valence-electron chi connectivity index (χ0n) is 8.43. The van der Waals surface area contributed by atoms with Gasteiger partial charge < -0.3 is 9.84 Å². The van der Waals surface area contributed by atoms with Crippen LogP contribution in [-0.4, -0.2) is 17.7 Å². The van der Waals surface area contributed by atoms with Crippen molar-refractivity contribution in [3.8, 4) is 11.8 Å². The summed E-state index contributed by atoms with van der Waals surface area (Å²) < 4.78 is 4.60. The maximum absolute atomic E-state index is 10.4. The van der Waals surface area contributed by atoms with Crippen LogP contribution >= 0.6 is 0 Å². The van der Waals surface area contributed by atoms with Crippen LogP contribution in [0.25, 0.3) is 0 Å². The van der Waals surface area contributed by atoms with Gasteiger partial charge in [0.25, 0.3) is 0 Å². The molecule has 78 valence electrons. The molecule has 0 unspecified atom stereocenters. The summed E-state index contributed by atoms with van der Waals surface area (Å²) in [4.78, 5) is 10.4. The van der Waals surface area contributed by atoms with Gasteiger partial charge in [0.2, 0.25) is 0 Å². The molecule has 1 rings (SSSR count). The summed E-state index contributed by atoms with van der Waals surface area (Å²) in [5, 5.41) is 9.57. The van der Waals surface area contributed by atoms with Gasteiger partial charge in [-0.2, -0.15) is 0 Å². The Hall–Kier alpha value is -1.79. The molecule has 0 aliphatic carbocycles. The van der Waals surface area contributed by atoms with E-state index >= 15 is 0 Å². The Labute approximate surface area is 88.7 Å². The van der Waals surface area contributed by atoms with E-state index in [9.17, 15) is 9.90 Å². The Morgan fingerprint density at radius 1 is 1.47 bits per heavy atom. The minimum atomic E-state index is -0.832. The average Bonchev–Trinajstić information content (AvgIpc) is 2.25. The Morgan fingerprint density at radius 2 is 2.13 bits per heavy atom. The van der Waals surface area contributed by atoms with Crippen LogP contribution in [0.15, 0.2) is 30.3 Å². The zero-order chi connectivity index (χ0) is 11.1. The Balaban J connectivity index is 2.48. The van der Waals surface area contributed by atoms with Crippen LogP contribution in [0.3, 0.4) is 0 Å². The van der Waals surface area contributed by atoms with E-state index in [0.29, 0.717) is 0 Å². The first-order chi connectivity index (χ1) is 7.20. The number of aliphatic hydroxyl groups is 1. The highest BCUT2D eigenvalue weighted by Gasteiger charge is 2.00. The molecule has 0 radical (unpaired) electrons. The number of carbonyl (C=O) groups is 1. The third-order valence-corrected chi connectivity index (χ3v) is 1.70. The van der Waals surface area contributed by atoms with Crippen molar-refractivity contribution in [3.63, 3.8) is 0 Å². The van der Waals surface area contributed by atoms with Crippen molar-refractivity contribution in [1.29, 1.82) is 0 Å². The van der Waals surface area contributed by atoms with Gasteiger partial charge in [0.05, 0.1) is 0 Å². The lowest BCUT2D eigenvalue weighted by Crippen LogP contribution is -1.99. The molecule has 0 amide bonds. The third-order valence-electron chi connectivity index (χ3n) is 1.70. The van der Waals surface area contributed by atoms with Crippen LogP contribution in [0.2, 0.25) is 0 Å². The maximum Gasteiger partial charge on any atom is 0.303 e. The zero-order valence-corrected chi connectivity index (χ0v) is 8.43. The Morgan fingerprint density at radius 3 is 2.73 bits per heavy atom. The first-order valence-electron chi connectivity index (χ1n) is 4.55. The third kappa shape index (κ3) is 4.30. The highest BCUT2D eigenvalue weighted by molar-refractivity contribution is 5.66. The van der Waals surface area contributed by atoms with E-state index < -0.39 is 6.10 Å². The van der Waals surface area contributed by atoms with Gasteiger partial charge in [0, 0.05) is 6.92 Å². The lowest BCUT2D eigenvalue weighted by atomic mass is 10.1. The fourth-order valence-corrected chi connectivity index (χ4v) is 0.995. The molecule has 0 saturated heterocycles. The summed E-state index contributed by atoms with van der Waals surface area (Å²) in [7, 11) is 0. The number of carbonyl (C=O) groups excluding carboxylic acids is 1. The largest absolute Gasteiger partial charge is 0.453 e. The monoisotopic (exact) mass is 204 g/mol. The van der Waals surface area contributed by atoms with Crippen molar-refractivity contribution < 1.29 is 14.6 Å². The Kier molecular flexibility index (Phi) is 4.39. The van der Waals surface area contributed by atoms with E-state index in [-0.39, 0.29) is 12.6 Å². The lowest BCUT2D eigenvalue weighted by molar-refractivity contribution is -0.139. The lowest BCUT2D eigenvalue weighted by Gasteiger charge is -2.01. The van der Waals surface area contributed by atoms with Crippen molar-refractivity contribution in [1.82, 2.24) is 0 Å². The molecule has 0 heterocycles. The fraction of sp³-hybridized carbons (Fsp3) is 0.250. The summed E-state index contributed by atoms with van der Waals surface area (Å²) in [5.74, 6) is 4.78. The maximum atomic E-state index is 10.4. The molecular weight excluding hydrogens is 192 g/mol. The van der Waals surface area contributed by atoms with E-state index in [1.54, 1.807) is 12.1 Å². The van der Waals surface area contributed by atoms with Crippen LogP contribution in [-0.2, 0) is 9.53 Å². The number of aliphatic hydroxyl groups excluding tert-OH is 1. The first kappa shape index (κ1) is 11.3. The summed E-state index contributed by atoms with van der Waals surface area (Å²) in [6, 6.07) is 9.08. The van der Waals surface area contributed by atoms with Crippen molar-refractivity contribution in [2.45, 2.75) is 13.0 Å². The van der Waals surface area contributed by atoms with Gasteiger partial charge in [-0.15, -0.1) is 0 Å². The highest BCUT2D eigenvalue weighted by atomic mass is 16.5. The second kappa shape index (κ2) is 5.84. The van der Waals surface area contributed by atoms with Crippen LogP contribution in [0, 0.1) is 11.8 Å². The summed E-state index contributed by atoms with van der Waals surface area (Å²) >= 11 is 0. The quantitative estimate of drug-likeness (QED) is 0.583. The first-order valence-corrected chi connectivity index (χ1v) is 4.55. The van der Waals surface area contributed by atoms with Crippen molar-refractivity contribution >= 4 is 5.97 Å². The van der Waals surface area contributed by atoms with Gasteiger partial charge in [0.1, 0.15) is 6.10 Å². The molecule has 0 spiro atoms.